The van der Waals surface area contributed by atoms with Gasteiger partial charge in [-0.15, -0.1) is 0 Å². The Labute approximate surface area is 149 Å². The molecule has 5 nitrogen and oxygen atoms in total. The summed E-state index contributed by atoms with van der Waals surface area (Å²) in [7, 11) is 0. The van der Waals surface area contributed by atoms with E-state index in [4.69, 9.17) is 0 Å². The molecule has 2 amide bonds. The summed E-state index contributed by atoms with van der Waals surface area (Å²) >= 11 is 0. The number of carbonyl (C=O) groups excluding carboxylic acids is 2. The molecule has 1 N–H and O–H groups in total. The van der Waals surface area contributed by atoms with E-state index in [2.05, 4.69) is 0 Å². The average molecular weight is 344 g/mol. The number of rotatable bonds is 5. The Balaban J connectivity index is 1.68. The van der Waals surface area contributed by atoms with E-state index in [0.717, 1.165) is 31.4 Å². The van der Waals surface area contributed by atoms with Crippen LogP contribution in [0, 0.1) is 5.92 Å². The fourth-order valence-electron chi connectivity index (χ4n) is 4.16. The van der Waals surface area contributed by atoms with E-state index in [1.54, 1.807) is 0 Å². The number of piperidine rings is 1. The first-order valence-electron chi connectivity index (χ1n) is 9.37. The van der Waals surface area contributed by atoms with Gasteiger partial charge in [0.15, 0.2) is 0 Å². The van der Waals surface area contributed by atoms with E-state index in [1.807, 2.05) is 47.1 Å². The molecule has 0 aliphatic carbocycles. The molecule has 1 aromatic carbocycles. The molecule has 0 spiro atoms. The summed E-state index contributed by atoms with van der Waals surface area (Å²) < 4.78 is 0. The molecule has 136 valence electrons. The van der Waals surface area contributed by atoms with Crippen LogP contribution in [-0.4, -0.2) is 52.5 Å². The molecule has 2 heterocycles. The van der Waals surface area contributed by atoms with Crippen molar-refractivity contribution in [3.05, 3.63) is 35.9 Å². The highest BCUT2D eigenvalue weighted by molar-refractivity contribution is 5.89. The summed E-state index contributed by atoms with van der Waals surface area (Å²) in [4.78, 5) is 29.3. The van der Waals surface area contributed by atoms with Crippen molar-refractivity contribution in [1.82, 2.24) is 9.80 Å². The van der Waals surface area contributed by atoms with Gasteiger partial charge < -0.3 is 14.9 Å². The van der Waals surface area contributed by atoms with Gasteiger partial charge in [-0.05, 0) is 38.2 Å². The van der Waals surface area contributed by atoms with Crippen LogP contribution in [0.1, 0.15) is 50.6 Å². The average Bonchev–Trinajstić information content (AvgIpc) is 3.04. The third kappa shape index (κ3) is 3.87. The van der Waals surface area contributed by atoms with Gasteiger partial charge in [-0.25, -0.2) is 0 Å². The van der Waals surface area contributed by atoms with Gasteiger partial charge >= 0.3 is 0 Å². The van der Waals surface area contributed by atoms with Gasteiger partial charge in [-0.3, -0.25) is 9.59 Å². The van der Waals surface area contributed by atoms with Crippen molar-refractivity contribution in [2.75, 3.05) is 19.7 Å². The van der Waals surface area contributed by atoms with Gasteiger partial charge in [-0.2, -0.15) is 0 Å². The third-order valence-electron chi connectivity index (χ3n) is 5.63. The van der Waals surface area contributed by atoms with E-state index in [9.17, 15) is 14.7 Å². The molecular weight excluding hydrogens is 316 g/mol. The Kier molecular flexibility index (Phi) is 5.74. The zero-order chi connectivity index (χ0) is 17.8. The lowest BCUT2D eigenvalue weighted by Crippen LogP contribution is -2.47. The lowest BCUT2D eigenvalue weighted by Gasteiger charge is -2.37. The Morgan fingerprint density at radius 2 is 2.04 bits per heavy atom. The lowest BCUT2D eigenvalue weighted by atomic mass is 9.96. The lowest BCUT2D eigenvalue weighted by molar-refractivity contribution is -0.139. The van der Waals surface area contributed by atoms with Crippen molar-refractivity contribution < 1.29 is 14.7 Å². The van der Waals surface area contributed by atoms with Gasteiger partial charge in [0.1, 0.15) is 0 Å². The topological polar surface area (TPSA) is 60.9 Å². The molecule has 0 bridgehead atoms. The summed E-state index contributed by atoms with van der Waals surface area (Å²) in [6.07, 6.45) is 4.01. The van der Waals surface area contributed by atoms with Gasteiger partial charge in [-0.1, -0.05) is 30.3 Å². The number of aliphatic hydroxyl groups is 1. The van der Waals surface area contributed by atoms with Crippen molar-refractivity contribution in [3.8, 4) is 0 Å². The van der Waals surface area contributed by atoms with Crippen molar-refractivity contribution in [1.29, 1.82) is 0 Å². The van der Waals surface area contributed by atoms with E-state index >= 15 is 0 Å². The van der Waals surface area contributed by atoms with Crippen LogP contribution in [0.25, 0.3) is 0 Å². The molecule has 3 rings (SSSR count). The molecule has 1 aromatic rings. The number of amides is 2. The minimum absolute atomic E-state index is 0.0129. The molecule has 3 atom stereocenters. The highest BCUT2D eigenvalue weighted by Gasteiger charge is 2.40. The SMILES string of the molecule is CC(c1ccccc1)N1CC(C(=O)N2CCCCC2CCO)CC1=O. The molecule has 3 unspecified atom stereocenters. The second-order valence-electron chi connectivity index (χ2n) is 7.23. The number of likely N-dealkylation sites (tertiary alicyclic amines) is 2. The molecule has 2 aliphatic heterocycles. The molecule has 0 saturated carbocycles. The predicted molar refractivity (Wildman–Crippen MR) is 95.7 cm³/mol. The fraction of sp³-hybridized carbons (Fsp3) is 0.600. The van der Waals surface area contributed by atoms with Crippen molar-refractivity contribution in [2.24, 2.45) is 5.92 Å². The standard InChI is InChI=1S/C20H28N2O3/c1-15(16-7-3-2-4-8-16)22-14-17(13-19(22)24)20(25)21-11-6-5-9-18(21)10-12-23/h2-4,7-8,15,17-18,23H,5-6,9-14H2,1H3. The van der Waals surface area contributed by atoms with Gasteiger partial charge in [0, 0.05) is 32.2 Å². The molecule has 2 aliphatic rings. The Hall–Kier alpha value is -1.88. The Bertz CT molecular complexity index is 602. The normalized spacial score (nSPS) is 25.3. The number of carbonyl (C=O) groups is 2. The largest absolute Gasteiger partial charge is 0.396 e. The molecule has 5 heteroatoms. The van der Waals surface area contributed by atoms with Crippen LogP contribution in [0.2, 0.25) is 0 Å². The van der Waals surface area contributed by atoms with Crippen LogP contribution < -0.4 is 0 Å². The summed E-state index contributed by atoms with van der Waals surface area (Å²) in [5, 5.41) is 9.27. The maximum atomic E-state index is 13.0. The fourth-order valence-corrected chi connectivity index (χ4v) is 4.16. The minimum atomic E-state index is -0.252. The predicted octanol–water partition coefficient (Wildman–Crippen LogP) is 2.36. The monoisotopic (exact) mass is 344 g/mol. The zero-order valence-corrected chi connectivity index (χ0v) is 14.9. The Morgan fingerprint density at radius 3 is 2.76 bits per heavy atom. The second-order valence-corrected chi connectivity index (χ2v) is 7.23. The highest BCUT2D eigenvalue weighted by Crippen LogP contribution is 2.31. The quantitative estimate of drug-likeness (QED) is 0.892. The number of nitrogens with zero attached hydrogens (tertiary/aromatic N) is 2. The third-order valence-corrected chi connectivity index (χ3v) is 5.63. The van der Waals surface area contributed by atoms with Crippen LogP contribution in [0.3, 0.4) is 0 Å². The number of hydrogen-bond acceptors (Lipinski definition) is 3. The smallest absolute Gasteiger partial charge is 0.228 e. The number of benzene rings is 1. The molecule has 2 fully saturated rings. The molecule has 25 heavy (non-hydrogen) atoms. The number of hydrogen-bond donors (Lipinski definition) is 1. The summed E-state index contributed by atoms with van der Waals surface area (Å²) in [6.45, 7) is 3.38. The van der Waals surface area contributed by atoms with Gasteiger partial charge in [0.05, 0.1) is 12.0 Å². The molecule has 2 saturated heterocycles. The summed E-state index contributed by atoms with van der Waals surface area (Å²) in [5.41, 5.74) is 1.10. The van der Waals surface area contributed by atoms with E-state index < -0.39 is 0 Å². The second kappa shape index (κ2) is 8.00. The minimum Gasteiger partial charge on any atom is -0.396 e. The zero-order valence-electron chi connectivity index (χ0n) is 14.9. The van der Waals surface area contributed by atoms with E-state index in [1.165, 1.54) is 0 Å². The van der Waals surface area contributed by atoms with Crippen molar-refractivity contribution in [3.63, 3.8) is 0 Å². The van der Waals surface area contributed by atoms with Crippen LogP contribution in [0.5, 0.6) is 0 Å². The summed E-state index contributed by atoms with van der Waals surface area (Å²) in [5.74, 6) is -0.0994. The highest BCUT2D eigenvalue weighted by atomic mass is 16.3. The van der Waals surface area contributed by atoms with Gasteiger partial charge in [0.2, 0.25) is 11.8 Å². The van der Waals surface area contributed by atoms with E-state index in [-0.39, 0.29) is 36.4 Å². The van der Waals surface area contributed by atoms with E-state index in [0.29, 0.717) is 19.4 Å². The molecule has 0 radical (unpaired) electrons. The molecule has 0 aromatic heterocycles. The number of aliphatic hydroxyl groups excluding tert-OH is 1. The van der Waals surface area contributed by atoms with Crippen LogP contribution in [0.15, 0.2) is 30.3 Å². The van der Waals surface area contributed by atoms with Gasteiger partial charge in [0.25, 0.3) is 0 Å². The maximum Gasteiger partial charge on any atom is 0.228 e. The first-order valence-corrected chi connectivity index (χ1v) is 9.37. The van der Waals surface area contributed by atoms with Crippen molar-refractivity contribution >= 4 is 11.8 Å². The first-order chi connectivity index (χ1) is 12.1. The first kappa shape index (κ1) is 17.9. The molecular formula is C20H28N2O3. The summed E-state index contributed by atoms with van der Waals surface area (Å²) in [6, 6.07) is 10.1. The maximum absolute atomic E-state index is 13.0. The van der Waals surface area contributed by atoms with Crippen LogP contribution >= 0.6 is 0 Å². The Morgan fingerprint density at radius 1 is 1.28 bits per heavy atom. The van der Waals surface area contributed by atoms with Crippen LogP contribution in [-0.2, 0) is 9.59 Å². The van der Waals surface area contributed by atoms with Crippen LogP contribution in [0.4, 0.5) is 0 Å². The van der Waals surface area contributed by atoms with Crippen molar-refractivity contribution in [2.45, 2.75) is 51.1 Å².